The molecule has 2 N–H and O–H groups in total. The van der Waals surface area contributed by atoms with E-state index in [0.29, 0.717) is 5.75 Å². The zero-order chi connectivity index (χ0) is 10.6. The van der Waals surface area contributed by atoms with Crippen LogP contribution in [-0.2, 0) is 10.5 Å². The average Bonchev–Trinajstić information content (AvgIpc) is 2.16. The molecule has 76 valence electrons. The molecule has 1 aromatic rings. The molecule has 0 radical (unpaired) electrons. The van der Waals surface area contributed by atoms with Crippen LogP contribution in [0.4, 0.5) is 4.39 Å². The predicted octanol–water partition coefficient (Wildman–Crippen LogP) is 1.93. The first-order chi connectivity index (χ1) is 6.59. The number of rotatable bonds is 4. The highest BCUT2D eigenvalue weighted by atomic mass is 32.2. The molecule has 0 aliphatic carbocycles. The van der Waals surface area contributed by atoms with Crippen molar-refractivity contribution in [3.8, 4) is 0 Å². The Morgan fingerprint density at radius 1 is 1.50 bits per heavy atom. The van der Waals surface area contributed by atoms with Crippen molar-refractivity contribution >= 4 is 17.7 Å². The maximum absolute atomic E-state index is 12.5. The lowest BCUT2D eigenvalue weighted by molar-refractivity contribution is -0.117. The lowest BCUT2D eigenvalue weighted by Gasteiger charge is -2.06. The van der Waals surface area contributed by atoms with E-state index in [1.165, 1.54) is 23.9 Å². The highest BCUT2D eigenvalue weighted by molar-refractivity contribution is 7.99. The van der Waals surface area contributed by atoms with E-state index in [1.807, 2.05) is 0 Å². The standard InChI is InChI=1S/C10H12FNOS/c1-7(10(12)13)14-6-8-2-4-9(11)5-3-8/h2-5,7H,6H2,1H3,(H2,12,13). The number of benzene rings is 1. The molecule has 1 amide bonds. The van der Waals surface area contributed by atoms with Crippen LogP contribution in [0.1, 0.15) is 12.5 Å². The molecule has 0 aliphatic heterocycles. The number of carbonyl (C=O) groups excluding carboxylic acids is 1. The highest BCUT2D eigenvalue weighted by Gasteiger charge is 2.08. The molecule has 1 unspecified atom stereocenters. The van der Waals surface area contributed by atoms with Crippen molar-refractivity contribution < 1.29 is 9.18 Å². The number of hydrogen-bond acceptors (Lipinski definition) is 2. The zero-order valence-electron chi connectivity index (χ0n) is 7.87. The Labute approximate surface area is 86.7 Å². The number of primary amides is 1. The van der Waals surface area contributed by atoms with Gasteiger partial charge in [-0.1, -0.05) is 12.1 Å². The third-order valence-corrected chi connectivity index (χ3v) is 3.05. The first kappa shape index (κ1) is 11.0. The molecule has 1 aromatic carbocycles. The van der Waals surface area contributed by atoms with E-state index >= 15 is 0 Å². The van der Waals surface area contributed by atoms with Crippen LogP contribution in [0.5, 0.6) is 0 Å². The van der Waals surface area contributed by atoms with Gasteiger partial charge in [-0.2, -0.15) is 0 Å². The van der Waals surface area contributed by atoms with Crippen LogP contribution >= 0.6 is 11.8 Å². The number of halogens is 1. The Morgan fingerprint density at radius 2 is 2.07 bits per heavy atom. The molecule has 0 bridgehead atoms. The summed E-state index contributed by atoms with van der Waals surface area (Å²) >= 11 is 1.45. The van der Waals surface area contributed by atoms with Gasteiger partial charge in [0.1, 0.15) is 5.82 Å². The van der Waals surface area contributed by atoms with E-state index in [-0.39, 0.29) is 17.0 Å². The van der Waals surface area contributed by atoms with Crippen LogP contribution in [0.15, 0.2) is 24.3 Å². The van der Waals surface area contributed by atoms with E-state index in [1.54, 1.807) is 19.1 Å². The van der Waals surface area contributed by atoms with Gasteiger partial charge in [0.25, 0.3) is 0 Å². The lowest BCUT2D eigenvalue weighted by atomic mass is 10.2. The van der Waals surface area contributed by atoms with Gasteiger partial charge < -0.3 is 5.73 Å². The molecule has 2 nitrogen and oxygen atoms in total. The van der Waals surface area contributed by atoms with Gasteiger partial charge in [0.2, 0.25) is 5.91 Å². The summed E-state index contributed by atoms with van der Waals surface area (Å²) in [5, 5.41) is -0.208. The third kappa shape index (κ3) is 3.38. The number of hydrogen-bond donors (Lipinski definition) is 1. The fourth-order valence-corrected chi connectivity index (χ4v) is 1.68. The summed E-state index contributed by atoms with van der Waals surface area (Å²) in [7, 11) is 0. The van der Waals surface area contributed by atoms with Crippen LogP contribution in [-0.4, -0.2) is 11.2 Å². The largest absolute Gasteiger partial charge is 0.369 e. The highest BCUT2D eigenvalue weighted by Crippen LogP contribution is 2.17. The summed E-state index contributed by atoms with van der Waals surface area (Å²) in [5.41, 5.74) is 6.09. The van der Waals surface area contributed by atoms with Gasteiger partial charge in [0, 0.05) is 5.75 Å². The Kier molecular flexibility index (Phi) is 3.95. The first-order valence-electron chi connectivity index (χ1n) is 4.25. The van der Waals surface area contributed by atoms with Gasteiger partial charge in [0.05, 0.1) is 5.25 Å². The van der Waals surface area contributed by atoms with Crippen molar-refractivity contribution in [3.63, 3.8) is 0 Å². The minimum absolute atomic E-state index is 0.208. The number of thioether (sulfide) groups is 1. The fourth-order valence-electron chi connectivity index (χ4n) is 0.884. The molecule has 4 heteroatoms. The molecule has 0 aromatic heterocycles. The summed E-state index contributed by atoms with van der Waals surface area (Å²) < 4.78 is 12.5. The second-order valence-corrected chi connectivity index (χ2v) is 4.31. The lowest BCUT2D eigenvalue weighted by Crippen LogP contribution is -2.22. The normalized spacial score (nSPS) is 12.4. The fraction of sp³-hybridized carbons (Fsp3) is 0.300. The molecule has 0 fully saturated rings. The summed E-state index contributed by atoms with van der Waals surface area (Å²) in [6, 6.07) is 6.22. The van der Waals surface area contributed by atoms with Crippen LogP contribution < -0.4 is 5.73 Å². The second kappa shape index (κ2) is 5.00. The van der Waals surface area contributed by atoms with E-state index in [0.717, 1.165) is 5.56 Å². The summed E-state index contributed by atoms with van der Waals surface area (Å²) in [5.74, 6) is 0.100. The average molecular weight is 213 g/mol. The maximum Gasteiger partial charge on any atom is 0.230 e. The Balaban J connectivity index is 2.46. The van der Waals surface area contributed by atoms with Crippen molar-refractivity contribution in [1.82, 2.24) is 0 Å². The van der Waals surface area contributed by atoms with E-state index in [4.69, 9.17) is 5.73 Å². The van der Waals surface area contributed by atoms with Gasteiger partial charge >= 0.3 is 0 Å². The maximum atomic E-state index is 12.5. The molecule has 0 aliphatic rings. The third-order valence-electron chi connectivity index (χ3n) is 1.81. The topological polar surface area (TPSA) is 43.1 Å². The summed E-state index contributed by atoms with van der Waals surface area (Å²) in [4.78, 5) is 10.7. The Bertz CT molecular complexity index is 312. The van der Waals surface area contributed by atoms with Gasteiger partial charge in [0.15, 0.2) is 0 Å². The predicted molar refractivity (Wildman–Crippen MR) is 56.4 cm³/mol. The van der Waals surface area contributed by atoms with Crippen molar-refractivity contribution in [2.45, 2.75) is 17.9 Å². The van der Waals surface area contributed by atoms with Gasteiger partial charge in [-0.25, -0.2) is 4.39 Å². The first-order valence-corrected chi connectivity index (χ1v) is 5.30. The number of carbonyl (C=O) groups is 1. The molecular formula is C10H12FNOS. The van der Waals surface area contributed by atoms with Crippen molar-refractivity contribution in [2.75, 3.05) is 0 Å². The van der Waals surface area contributed by atoms with Crippen molar-refractivity contribution in [3.05, 3.63) is 35.6 Å². The van der Waals surface area contributed by atoms with Crippen LogP contribution in [0.3, 0.4) is 0 Å². The molecule has 1 rings (SSSR count). The number of amides is 1. The van der Waals surface area contributed by atoms with Gasteiger partial charge in [-0.05, 0) is 24.6 Å². The monoisotopic (exact) mass is 213 g/mol. The molecular weight excluding hydrogens is 201 g/mol. The minimum Gasteiger partial charge on any atom is -0.369 e. The Morgan fingerprint density at radius 3 is 2.57 bits per heavy atom. The zero-order valence-corrected chi connectivity index (χ0v) is 8.68. The smallest absolute Gasteiger partial charge is 0.230 e. The molecule has 0 saturated heterocycles. The summed E-state index contributed by atoms with van der Waals surface area (Å²) in [6.07, 6.45) is 0. The van der Waals surface area contributed by atoms with Gasteiger partial charge in [-0.3, -0.25) is 4.79 Å². The van der Waals surface area contributed by atoms with E-state index < -0.39 is 0 Å². The van der Waals surface area contributed by atoms with E-state index in [9.17, 15) is 9.18 Å². The molecule has 14 heavy (non-hydrogen) atoms. The molecule has 0 heterocycles. The van der Waals surface area contributed by atoms with Crippen molar-refractivity contribution in [1.29, 1.82) is 0 Å². The SMILES string of the molecule is CC(SCc1ccc(F)cc1)C(N)=O. The Hall–Kier alpha value is -1.03. The quantitative estimate of drug-likeness (QED) is 0.830. The van der Waals surface area contributed by atoms with Crippen molar-refractivity contribution in [2.24, 2.45) is 5.73 Å². The summed E-state index contributed by atoms with van der Waals surface area (Å²) in [6.45, 7) is 1.76. The number of nitrogens with two attached hydrogens (primary N) is 1. The molecule has 0 saturated carbocycles. The van der Waals surface area contributed by atoms with Crippen LogP contribution in [0, 0.1) is 5.82 Å². The second-order valence-electron chi connectivity index (χ2n) is 2.98. The molecule has 0 spiro atoms. The minimum atomic E-state index is -0.322. The van der Waals surface area contributed by atoms with Crippen LogP contribution in [0.25, 0.3) is 0 Å². The van der Waals surface area contributed by atoms with Crippen LogP contribution in [0.2, 0.25) is 0 Å². The van der Waals surface area contributed by atoms with Gasteiger partial charge in [-0.15, -0.1) is 11.8 Å². The van der Waals surface area contributed by atoms with E-state index in [2.05, 4.69) is 0 Å². The molecule has 1 atom stereocenters.